The third-order valence-electron chi connectivity index (χ3n) is 2.86. The van der Waals surface area contributed by atoms with Gasteiger partial charge in [0, 0.05) is 12.4 Å². The predicted molar refractivity (Wildman–Crippen MR) is 63.7 cm³/mol. The van der Waals surface area contributed by atoms with Crippen molar-refractivity contribution >= 4 is 33.5 Å². The van der Waals surface area contributed by atoms with Gasteiger partial charge in [0.15, 0.2) is 9.84 Å². The topological polar surface area (TPSA) is 112 Å². The lowest BCUT2D eigenvalue weighted by Gasteiger charge is -2.16. The maximum atomic E-state index is 11.9. The molecule has 9 heteroatoms. The zero-order valence-electron chi connectivity index (χ0n) is 9.45. The molecule has 2 atom stereocenters. The molecule has 1 heterocycles. The van der Waals surface area contributed by atoms with Crippen LogP contribution in [0.4, 0.5) is 4.79 Å². The van der Waals surface area contributed by atoms with Crippen molar-refractivity contribution in [3.63, 3.8) is 0 Å². The molecule has 0 saturated carbocycles. The van der Waals surface area contributed by atoms with Gasteiger partial charge in [0.25, 0.3) is 0 Å². The molecule has 1 aliphatic rings. The SMILES string of the molecule is O=C(O)[C@@H]1C[C@@H](S(=O)(=O)CCCCl)CN1C(=O)O. The van der Waals surface area contributed by atoms with Gasteiger partial charge < -0.3 is 10.2 Å². The monoisotopic (exact) mass is 299 g/mol. The van der Waals surface area contributed by atoms with Gasteiger partial charge in [-0.05, 0) is 12.8 Å². The number of hydrogen-bond donors (Lipinski definition) is 2. The summed E-state index contributed by atoms with van der Waals surface area (Å²) < 4.78 is 23.7. The summed E-state index contributed by atoms with van der Waals surface area (Å²) in [7, 11) is -3.51. The van der Waals surface area contributed by atoms with E-state index in [-0.39, 0.29) is 31.0 Å². The zero-order valence-corrected chi connectivity index (χ0v) is 11.0. The quantitative estimate of drug-likeness (QED) is 0.703. The minimum Gasteiger partial charge on any atom is -0.480 e. The summed E-state index contributed by atoms with van der Waals surface area (Å²) in [5, 5.41) is 16.7. The fourth-order valence-corrected chi connectivity index (χ4v) is 3.96. The van der Waals surface area contributed by atoms with Crippen LogP contribution in [0.1, 0.15) is 12.8 Å². The van der Waals surface area contributed by atoms with Gasteiger partial charge in [-0.2, -0.15) is 0 Å². The summed E-state index contributed by atoms with van der Waals surface area (Å²) in [6, 6.07) is -1.29. The van der Waals surface area contributed by atoms with Gasteiger partial charge in [-0.1, -0.05) is 0 Å². The first-order valence-corrected chi connectivity index (χ1v) is 7.54. The number of sulfone groups is 1. The van der Waals surface area contributed by atoms with Crippen LogP contribution in [0.2, 0.25) is 0 Å². The summed E-state index contributed by atoms with van der Waals surface area (Å²) in [6.07, 6.45) is -1.35. The van der Waals surface area contributed by atoms with E-state index < -0.39 is 33.2 Å². The Kier molecular flexibility index (Phi) is 4.80. The Bertz CT molecular complexity index is 414. The Morgan fingerprint density at radius 1 is 1.33 bits per heavy atom. The van der Waals surface area contributed by atoms with Crippen LogP contribution >= 0.6 is 11.6 Å². The second-order valence-electron chi connectivity index (χ2n) is 4.06. The molecule has 18 heavy (non-hydrogen) atoms. The van der Waals surface area contributed by atoms with Crippen LogP contribution in [0, 0.1) is 0 Å². The van der Waals surface area contributed by atoms with Gasteiger partial charge in [0.05, 0.1) is 11.0 Å². The maximum absolute atomic E-state index is 11.9. The number of halogens is 1. The zero-order chi connectivity index (χ0) is 13.9. The normalized spacial score (nSPS) is 24.2. The highest BCUT2D eigenvalue weighted by Crippen LogP contribution is 2.24. The number of nitrogens with zero attached hydrogens (tertiary/aromatic N) is 1. The highest BCUT2D eigenvalue weighted by atomic mass is 35.5. The fourth-order valence-electron chi connectivity index (χ4n) is 1.93. The summed E-state index contributed by atoms with van der Waals surface area (Å²) in [5.41, 5.74) is 0. The number of alkyl halides is 1. The number of likely N-dealkylation sites (tertiary alicyclic amines) is 1. The lowest BCUT2D eigenvalue weighted by Crippen LogP contribution is -2.39. The van der Waals surface area contributed by atoms with Crippen molar-refractivity contribution in [2.24, 2.45) is 0 Å². The first-order chi connectivity index (χ1) is 8.29. The molecule has 1 aliphatic heterocycles. The van der Waals surface area contributed by atoms with E-state index in [9.17, 15) is 18.0 Å². The lowest BCUT2D eigenvalue weighted by atomic mass is 10.2. The highest BCUT2D eigenvalue weighted by Gasteiger charge is 2.44. The number of rotatable bonds is 5. The van der Waals surface area contributed by atoms with E-state index >= 15 is 0 Å². The number of hydrogen-bond acceptors (Lipinski definition) is 4. The van der Waals surface area contributed by atoms with Gasteiger partial charge in [0.2, 0.25) is 0 Å². The molecule has 0 spiro atoms. The molecular formula is C9H14ClNO6S. The molecule has 7 nitrogen and oxygen atoms in total. The molecule has 2 N–H and O–H groups in total. The molecule has 0 aromatic rings. The van der Waals surface area contributed by atoms with E-state index in [0.717, 1.165) is 0 Å². The van der Waals surface area contributed by atoms with Crippen molar-refractivity contribution in [1.82, 2.24) is 4.90 Å². The van der Waals surface area contributed by atoms with Crippen LogP contribution < -0.4 is 0 Å². The number of carboxylic acids is 1. The molecule has 1 saturated heterocycles. The van der Waals surface area contributed by atoms with E-state index in [1.54, 1.807) is 0 Å². The van der Waals surface area contributed by atoms with Crippen LogP contribution in [-0.4, -0.2) is 65.1 Å². The van der Waals surface area contributed by atoms with Crippen LogP contribution in [-0.2, 0) is 14.6 Å². The molecule has 0 aliphatic carbocycles. The summed E-state index contributed by atoms with van der Waals surface area (Å²) in [4.78, 5) is 22.4. The summed E-state index contributed by atoms with van der Waals surface area (Å²) >= 11 is 5.41. The highest BCUT2D eigenvalue weighted by molar-refractivity contribution is 7.92. The van der Waals surface area contributed by atoms with Gasteiger partial charge in [-0.3, -0.25) is 4.90 Å². The summed E-state index contributed by atoms with van der Waals surface area (Å²) in [6.45, 7) is -0.295. The minimum atomic E-state index is -3.51. The van der Waals surface area contributed by atoms with Gasteiger partial charge in [-0.15, -0.1) is 11.6 Å². The smallest absolute Gasteiger partial charge is 0.408 e. The number of aliphatic carboxylic acids is 1. The van der Waals surface area contributed by atoms with Crippen molar-refractivity contribution < 1.29 is 28.2 Å². The molecule has 0 aromatic carbocycles. The standard InChI is InChI=1S/C9H14ClNO6S/c10-2-1-3-18(16,17)6-4-7(8(12)13)11(5-6)9(14)15/h6-7H,1-5H2,(H,12,13)(H,14,15)/t6-,7+/m1/s1. The predicted octanol–water partition coefficient (Wildman–Crippen LogP) is 0.236. The van der Waals surface area contributed by atoms with Crippen molar-refractivity contribution in [2.75, 3.05) is 18.2 Å². The Labute approximate surface area is 109 Å². The molecule has 0 radical (unpaired) electrons. The Hall–Kier alpha value is -1.02. The minimum absolute atomic E-state index is 0.152. The molecular weight excluding hydrogens is 286 g/mol. The lowest BCUT2D eigenvalue weighted by molar-refractivity contribution is -0.141. The van der Waals surface area contributed by atoms with Gasteiger partial charge in [0.1, 0.15) is 6.04 Å². The van der Waals surface area contributed by atoms with Crippen LogP contribution in [0.5, 0.6) is 0 Å². The van der Waals surface area contributed by atoms with Crippen molar-refractivity contribution in [3.8, 4) is 0 Å². The van der Waals surface area contributed by atoms with Crippen molar-refractivity contribution in [2.45, 2.75) is 24.1 Å². The van der Waals surface area contributed by atoms with E-state index in [4.69, 9.17) is 21.8 Å². The van der Waals surface area contributed by atoms with Gasteiger partial charge in [-0.25, -0.2) is 18.0 Å². The Balaban J connectivity index is 2.83. The number of carboxylic acid groups (broad SMARTS) is 2. The Morgan fingerprint density at radius 2 is 1.94 bits per heavy atom. The first-order valence-electron chi connectivity index (χ1n) is 5.29. The number of amides is 1. The summed E-state index contributed by atoms with van der Waals surface area (Å²) in [5.74, 6) is -1.29. The van der Waals surface area contributed by atoms with E-state index in [2.05, 4.69) is 0 Å². The molecule has 0 aromatic heterocycles. The second-order valence-corrected chi connectivity index (χ2v) is 6.83. The second kappa shape index (κ2) is 5.75. The largest absolute Gasteiger partial charge is 0.480 e. The third-order valence-corrected chi connectivity index (χ3v) is 5.35. The third kappa shape index (κ3) is 3.26. The van der Waals surface area contributed by atoms with E-state index in [1.165, 1.54) is 0 Å². The maximum Gasteiger partial charge on any atom is 0.408 e. The Morgan fingerprint density at radius 3 is 2.33 bits per heavy atom. The molecule has 0 unspecified atom stereocenters. The van der Waals surface area contributed by atoms with E-state index in [1.807, 2.05) is 0 Å². The molecule has 0 bridgehead atoms. The first kappa shape index (κ1) is 15.0. The molecule has 1 fully saturated rings. The average Bonchev–Trinajstić information content (AvgIpc) is 2.72. The number of carbonyl (C=O) groups is 2. The van der Waals surface area contributed by atoms with Crippen LogP contribution in [0.25, 0.3) is 0 Å². The van der Waals surface area contributed by atoms with Crippen molar-refractivity contribution in [3.05, 3.63) is 0 Å². The van der Waals surface area contributed by atoms with Crippen molar-refractivity contribution in [1.29, 1.82) is 0 Å². The average molecular weight is 300 g/mol. The van der Waals surface area contributed by atoms with Crippen LogP contribution in [0.3, 0.4) is 0 Å². The van der Waals surface area contributed by atoms with Gasteiger partial charge >= 0.3 is 12.1 Å². The van der Waals surface area contributed by atoms with Crippen LogP contribution in [0.15, 0.2) is 0 Å². The van der Waals surface area contributed by atoms with E-state index in [0.29, 0.717) is 4.90 Å². The molecule has 104 valence electrons. The molecule has 1 rings (SSSR count). The molecule has 1 amide bonds. The fraction of sp³-hybridized carbons (Fsp3) is 0.778.